The van der Waals surface area contributed by atoms with Crippen molar-refractivity contribution in [2.24, 2.45) is 5.16 Å². The molecular weight excluding hydrogens is 482 g/mol. The van der Waals surface area contributed by atoms with Gasteiger partial charge in [-0.15, -0.1) is 0 Å². The molecule has 1 aliphatic carbocycles. The maximum atomic E-state index is 12.4. The molecule has 11 heteroatoms. The topological polar surface area (TPSA) is 133 Å². The number of carbonyl (C=O) groups excluding carboxylic acids is 1. The van der Waals surface area contributed by atoms with Crippen molar-refractivity contribution < 1.29 is 22.8 Å². The van der Waals surface area contributed by atoms with Gasteiger partial charge >= 0.3 is 0 Å². The fraction of sp³-hybridized carbons (Fsp3) is 0.400. The Morgan fingerprint density at radius 1 is 1.33 bits per heavy atom. The molecule has 190 valence electrons. The minimum Gasteiger partial charge on any atom is -0.490 e. The second-order valence-corrected chi connectivity index (χ2v) is 10.8. The Balaban J connectivity index is 1.56. The Morgan fingerprint density at radius 3 is 2.81 bits per heavy atom. The first-order valence-electron chi connectivity index (χ1n) is 11.6. The van der Waals surface area contributed by atoms with E-state index in [-0.39, 0.29) is 6.10 Å². The van der Waals surface area contributed by atoms with Crippen molar-refractivity contribution in [3.63, 3.8) is 0 Å². The smallest absolute Gasteiger partial charge is 0.236 e. The van der Waals surface area contributed by atoms with Crippen molar-refractivity contribution in [1.29, 1.82) is 5.26 Å². The molecule has 2 unspecified atom stereocenters. The number of amidine groups is 1. The molecule has 2 aromatic rings. The number of nitrogens with zero attached hydrogens (tertiary/aromatic N) is 3. The van der Waals surface area contributed by atoms with Crippen molar-refractivity contribution in [3.05, 3.63) is 64.2 Å². The molecule has 1 aliphatic heterocycles. The predicted octanol–water partition coefficient (Wildman–Crippen LogP) is 2.32. The van der Waals surface area contributed by atoms with Gasteiger partial charge in [-0.2, -0.15) is 5.26 Å². The molecule has 36 heavy (non-hydrogen) atoms. The van der Waals surface area contributed by atoms with Gasteiger partial charge in [0.15, 0.2) is 5.84 Å². The number of hydrogen-bond acceptors (Lipinski definition) is 8. The third-order valence-electron chi connectivity index (χ3n) is 6.13. The quantitative estimate of drug-likeness (QED) is 0.556. The van der Waals surface area contributed by atoms with Gasteiger partial charge < -0.3 is 19.8 Å². The van der Waals surface area contributed by atoms with E-state index in [0.29, 0.717) is 30.0 Å². The second kappa shape index (κ2) is 10.2. The van der Waals surface area contributed by atoms with E-state index in [1.165, 1.54) is 7.05 Å². The highest BCUT2D eigenvalue weighted by molar-refractivity contribution is 7.90. The van der Waals surface area contributed by atoms with Gasteiger partial charge in [0.1, 0.15) is 17.6 Å². The largest absolute Gasteiger partial charge is 0.490 e. The summed E-state index contributed by atoms with van der Waals surface area (Å²) < 4.78 is 33.2. The predicted molar refractivity (Wildman–Crippen MR) is 134 cm³/mol. The Bertz CT molecular complexity index is 1350. The number of ether oxygens (including phenoxy) is 1. The number of hydrogen-bond donors (Lipinski definition) is 2. The number of nitrogens with one attached hydrogen (secondary N) is 2. The number of oxime groups is 1. The first-order chi connectivity index (χ1) is 17.1. The van der Waals surface area contributed by atoms with Gasteiger partial charge in [-0.05, 0) is 56.0 Å². The number of amides is 1. The lowest BCUT2D eigenvalue weighted by molar-refractivity contribution is -0.118. The summed E-state index contributed by atoms with van der Waals surface area (Å²) in [5.41, 5.74) is 3.87. The van der Waals surface area contributed by atoms with Crippen LogP contribution >= 0.6 is 0 Å². The lowest BCUT2D eigenvalue weighted by Crippen LogP contribution is -2.36. The van der Waals surface area contributed by atoms with E-state index in [0.717, 1.165) is 22.3 Å². The molecule has 2 atom stereocenters. The average molecular weight is 512 g/mol. The van der Waals surface area contributed by atoms with Gasteiger partial charge in [0.05, 0.1) is 11.7 Å². The lowest BCUT2D eigenvalue weighted by Gasteiger charge is -2.22. The molecule has 0 radical (unpaired) electrons. The summed E-state index contributed by atoms with van der Waals surface area (Å²) in [4.78, 5) is 19.2. The monoisotopic (exact) mass is 511 g/mol. The number of benzene rings is 2. The molecule has 1 heterocycles. The number of rotatable bonds is 8. The van der Waals surface area contributed by atoms with E-state index in [9.17, 15) is 18.5 Å². The van der Waals surface area contributed by atoms with Crippen molar-refractivity contribution >= 4 is 21.8 Å². The first kappa shape index (κ1) is 25.5. The third-order valence-corrected chi connectivity index (χ3v) is 7.42. The van der Waals surface area contributed by atoms with Crippen molar-refractivity contribution in [2.45, 2.75) is 45.1 Å². The Morgan fingerprint density at radius 2 is 2.11 bits per heavy atom. The van der Waals surface area contributed by atoms with Crippen LogP contribution in [0.25, 0.3) is 0 Å². The van der Waals surface area contributed by atoms with E-state index in [1.54, 1.807) is 12.1 Å². The van der Waals surface area contributed by atoms with Crippen LogP contribution in [0.4, 0.5) is 0 Å². The number of fused-ring (bicyclic) bond motifs is 1. The van der Waals surface area contributed by atoms with E-state index in [1.807, 2.05) is 50.1 Å². The van der Waals surface area contributed by atoms with Crippen molar-refractivity contribution in [3.8, 4) is 11.8 Å². The molecule has 2 N–H and O–H groups in total. The van der Waals surface area contributed by atoms with Crippen molar-refractivity contribution in [1.82, 2.24) is 14.9 Å². The molecule has 0 saturated carbocycles. The van der Waals surface area contributed by atoms with Crippen LogP contribution in [-0.2, 0) is 26.1 Å². The fourth-order valence-corrected chi connectivity index (χ4v) is 5.76. The van der Waals surface area contributed by atoms with Crippen molar-refractivity contribution in [2.75, 3.05) is 19.8 Å². The Labute approximate surface area is 210 Å². The zero-order chi connectivity index (χ0) is 26.0. The summed E-state index contributed by atoms with van der Waals surface area (Å²) in [6, 6.07) is 12.8. The van der Waals surface area contributed by atoms with Crippen LogP contribution in [0, 0.1) is 11.3 Å². The van der Waals surface area contributed by atoms with E-state index < -0.39 is 34.0 Å². The fourth-order valence-electron chi connectivity index (χ4n) is 4.50. The normalized spacial score (nSPS) is 18.9. The zero-order valence-electron chi connectivity index (χ0n) is 20.6. The van der Waals surface area contributed by atoms with Crippen LogP contribution in [-0.4, -0.2) is 51.0 Å². The summed E-state index contributed by atoms with van der Waals surface area (Å²) in [6.45, 7) is 3.80. The van der Waals surface area contributed by atoms with Gasteiger partial charge in [-0.1, -0.05) is 23.4 Å². The molecule has 0 spiro atoms. The molecule has 2 aromatic carbocycles. The van der Waals surface area contributed by atoms with Crippen LogP contribution < -0.4 is 14.8 Å². The molecule has 0 fully saturated rings. The molecule has 0 saturated heterocycles. The average Bonchev–Trinajstić information content (AvgIpc) is 3.41. The van der Waals surface area contributed by atoms with Crippen LogP contribution in [0.1, 0.15) is 60.4 Å². The Hall–Kier alpha value is -3.62. The lowest BCUT2D eigenvalue weighted by atomic mass is 10.0. The van der Waals surface area contributed by atoms with Gasteiger partial charge in [0, 0.05) is 31.3 Å². The Kier molecular flexibility index (Phi) is 7.19. The standard InChI is InChI=1S/C25H29N5O5S/c1-15(2)34-22-11-8-16(12-17(22)13-26)25-30(4)24(28-35-25)20-7-5-6-19-18(20)9-10-21(19)29-36(32,33)14-23(31)27-3/h5-8,11-12,15,21,25,29H,9-10,14H2,1-4H3,(H,27,31). The van der Waals surface area contributed by atoms with Crippen LogP contribution in [0.2, 0.25) is 0 Å². The molecule has 1 amide bonds. The molecule has 0 aromatic heterocycles. The SMILES string of the molecule is CNC(=O)CS(=O)(=O)NC1CCc2c(C3=NOC(c4ccc(OC(C)C)c(C#N)c4)N3C)cccc21. The van der Waals surface area contributed by atoms with Crippen LogP contribution in [0.5, 0.6) is 5.75 Å². The van der Waals surface area contributed by atoms with E-state index in [2.05, 4.69) is 21.3 Å². The van der Waals surface area contributed by atoms with Gasteiger partial charge in [-0.3, -0.25) is 4.79 Å². The van der Waals surface area contributed by atoms with Gasteiger partial charge in [0.2, 0.25) is 22.2 Å². The molecular formula is C25H29N5O5S. The third kappa shape index (κ3) is 5.15. The second-order valence-electron chi connectivity index (χ2n) is 9.03. The molecule has 4 rings (SSSR count). The summed E-state index contributed by atoms with van der Waals surface area (Å²) in [7, 11) is -0.527. The summed E-state index contributed by atoms with van der Waals surface area (Å²) >= 11 is 0. The number of carbonyl (C=O) groups is 1. The molecule has 0 bridgehead atoms. The highest BCUT2D eigenvalue weighted by Gasteiger charge is 2.35. The highest BCUT2D eigenvalue weighted by Crippen LogP contribution is 2.37. The summed E-state index contributed by atoms with van der Waals surface area (Å²) in [5.74, 6) is -0.0513. The van der Waals surface area contributed by atoms with Gasteiger partial charge in [-0.25, -0.2) is 13.1 Å². The summed E-state index contributed by atoms with van der Waals surface area (Å²) in [6.07, 6.45) is 0.638. The van der Waals surface area contributed by atoms with E-state index in [4.69, 9.17) is 9.57 Å². The molecule has 2 aliphatic rings. The number of nitriles is 1. The van der Waals surface area contributed by atoms with E-state index >= 15 is 0 Å². The van der Waals surface area contributed by atoms with Crippen LogP contribution in [0.15, 0.2) is 41.6 Å². The molecule has 10 nitrogen and oxygen atoms in total. The van der Waals surface area contributed by atoms with Crippen LogP contribution in [0.3, 0.4) is 0 Å². The van der Waals surface area contributed by atoms with Gasteiger partial charge in [0.25, 0.3) is 0 Å². The maximum Gasteiger partial charge on any atom is 0.236 e. The maximum absolute atomic E-state index is 12.4. The highest BCUT2D eigenvalue weighted by atomic mass is 32.2. The minimum atomic E-state index is -3.79. The summed E-state index contributed by atoms with van der Waals surface area (Å²) in [5, 5.41) is 16.3. The zero-order valence-corrected chi connectivity index (χ0v) is 21.4. The number of sulfonamides is 1. The minimum absolute atomic E-state index is 0.0550. The first-order valence-corrected chi connectivity index (χ1v) is 13.3.